The van der Waals surface area contributed by atoms with E-state index in [4.69, 9.17) is 4.74 Å². The van der Waals surface area contributed by atoms with E-state index in [0.717, 1.165) is 6.42 Å². The number of nitrogens with zero attached hydrogens (tertiary/aromatic N) is 1. The fourth-order valence-corrected chi connectivity index (χ4v) is 1.19. The number of carbonyl (C=O) groups is 2. The molecule has 0 aliphatic carbocycles. The van der Waals surface area contributed by atoms with Gasteiger partial charge in [-0.05, 0) is 13.3 Å². The molecule has 1 aliphatic heterocycles. The minimum atomic E-state index is -0.725. The number of likely N-dealkylation sites (N-methyl/N-ethyl adjacent to an activating group) is 1. The van der Waals surface area contributed by atoms with Gasteiger partial charge in [0.05, 0.1) is 0 Å². The predicted molar refractivity (Wildman–Crippen MR) is 45.9 cm³/mol. The Morgan fingerprint density at radius 2 is 2.15 bits per heavy atom. The Morgan fingerprint density at radius 3 is 2.69 bits per heavy atom. The van der Waals surface area contributed by atoms with Crippen LogP contribution in [0.3, 0.4) is 0 Å². The van der Waals surface area contributed by atoms with Gasteiger partial charge in [-0.1, -0.05) is 6.92 Å². The molecule has 0 aromatic rings. The van der Waals surface area contributed by atoms with Crippen molar-refractivity contribution in [2.45, 2.75) is 26.5 Å². The maximum Gasteiger partial charge on any atom is 0.326 e. The van der Waals surface area contributed by atoms with E-state index in [2.05, 4.69) is 5.32 Å². The van der Waals surface area contributed by atoms with Crippen molar-refractivity contribution in [2.24, 2.45) is 0 Å². The third-order valence-corrected chi connectivity index (χ3v) is 1.82. The normalized spacial score (nSPS) is 22.3. The molecular weight excluding hydrogens is 172 g/mol. The van der Waals surface area contributed by atoms with Crippen LogP contribution in [0.15, 0.2) is 0 Å². The van der Waals surface area contributed by atoms with Gasteiger partial charge in [0.15, 0.2) is 0 Å². The van der Waals surface area contributed by atoms with Crippen LogP contribution in [0.4, 0.5) is 4.79 Å². The number of rotatable bonds is 4. The molecule has 1 fully saturated rings. The van der Waals surface area contributed by atoms with E-state index < -0.39 is 6.23 Å². The van der Waals surface area contributed by atoms with E-state index in [1.54, 1.807) is 6.92 Å². The third-order valence-electron chi connectivity index (χ3n) is 1.82. The smallest absolute Gasteiger partial charge is 0.326 e. The van der Waals surface area contributed by atoms with Crippen molar-refractivity contribution in [1.29, 1.82) is 0 Å². The fraction of sp³-hybridized carbons (Fsp3) is 0.750. The van der Waals surface area contributed by atoms with Gasteiger partial charge in [-0.3, -0.25) is 15.0 Å². The highest BCUT2D eigenvalue weighted by Crippen LogP contribution is 2.09. The summed E-state index contributed by atoms with van der Waals surface area (Å²) in [6.45, 7) is 4.72. The lowest BCUT2D eigenvalue weighted by Gasteiger charge is -2.19. The molecule has 1 unspecified atom stereocenters. The molecule has 0 saturated carbocycles. The topological polar surface area (TPSA) is 58.6 Å². The summed E-state index contributed by atoms with van der Waals surface area (Å²) in [5.41, 5.74) is 0. The first-order valence-electron chi connectivity index (χ1n) is 4.43. The van der Waals surface area contributed by atoms with Crippen LogP contribution in [0, 0.1) is 0 Å². The molecule has 74 valence electrons. The van der Waals surface area contributed by atoms with Gasteiger partial charge in [0.25, 0.3) is 5.91 Å². The summed E-state index contributed by atoms with van der Waals surface area (Å²) >= 11 is 0. The highest BCUT2D eigenvalue weighted by atomic mass is 16.5. The van der Waals surface area contributed by atoms with E-state index in [1.807, 2.05) is 6.92 Å². The van der Waals surface area contributed by atoms with Crippen LogP contribution in [0.1, 0.15) is 20.3 Å². The predicted octanol–water partition coefficient (Wildman–Crippen LogP) is 0.311. The molecule has 13 heavy (non-hydrogen) atoms. The van der Waals surface area contributed by atoms with Gasteiger partial charge < -0.3 is 4.74 Å². The van der Waals surface area contributed by atoms with Crippen molar-refractivity contribution < 1.29 is 14.3 Å². The molecule has 1 atom stereocenters. The Bertz CT molecular complexity index is 217. The van der Waals surface area contributed by atoms with Crippen LogP contribution in [-0.2, 0) is 9.53 Å². The summed E-state index contributed by atoms with van der Waals surface area (Å²) in [5, 5.41) is 2.20. The van der Waals surface area contributed by atoms with Crippen LogP contribution in [-0.4, -0.2) is 36.2 Å². The Morgan fingerprint density at radius 1 is 1.46 bits per heavy atom. The Balaban J connectivity index is 2.58. The number of nitrogens with one attached hydrogen (secondary N) is 1. The van der Waals surface area contributed by atoms with Crippen molar-refractivity contribution in [1.82, 2.24) is 10.2 Å². The average Bonchev–Trinajstić information content (AvgIpc) is 2.37. The zero-order chi connectivity index (χ0) is 9.84. The van der Waals surface area contributed by atoms with Crippen LogP contribution in [0.25, 0.3) is 0 Å². The Labute approximate surface area is 77.0 Å². The lowest BCUT2D eigenvalue weighted by atomic mass is 10.4. The molecule has 1 rings (SSSR count). The minimum Gasteiger partial charge on any atom is -0.349 e. The molecule has 5 nitrogen and oxygen atoms in total. The number of carbonyl (C=O) groups excluding carboxylic acids is 2. The van der Waals surface area contributed by atoms with Crippen LogP contribution < -0.4 is 5.32 Å². The van der Waals surface area contributed by atoms with E-state index in [1.165, 1.54) is 4.90 Å². The molecule has 0 aromatic heterocycles. The Hall–Kier alpha value is -1.10. The van der Waals surface area contributed by atoms with Crippen molar-refractivity contribution in [2.75, 3.05) is 13.2 Å². The lowest BCUT2D eigenvalue weighted by molar-refractivity contribution is -0.135. The maximum atomic E-state index is 11.2. The van der Waals surface area contributed by atoms with Crippen molar-refractivity contribution >= 4 is 11.9 Å². The van der Waals surface area contributed by atoms with Gasteiger partial charge in [0.2, 0.25) is 6.23 Å². The van der Waals surface area contributed by atoms with Crippen molar-refractivity contribution in [3.63, 3.8) is 0 Å². The second kappa shape index (κ2) is 4.23. The molecule has 0 radical (unpaired) electrons. The third kappa shape index (κ3) is 1.98. The van der Waals surface area contributed by atoms with Gasteiger partial charge in [-0.2, -0.15) is 0 Å². The number of hydrogen-bond acceptors (Lipinski definition) is 3. The van der Waals surface area contributed by atoms with E-state index in [9.17, 15) is 9.59 Å². The number of imide groups is 1. The van der Waals surface area contributed by atoms with E-state index >= 15 is 0 Å². The van der Waals surface area contributed by atoms with E-state index in [-0.39, 0.29) is 11.9 Å². The quantitative estimate of drug-likeness (QED) is 0.643. The molecule has 0 spiro atoms. The summed E-state index contributed by atoms with van der Waals surface area (Å²) in [6.07, 6.45) is 0.104. The molecular formula is C8H14N2O3. The summed E-state index contributed by atoms with van der Waals surface area (Å²) < 4.78 is 5.23. The summed E-state index contributed by atoms with van der Waals surface area (Å²) in [4.78, 5) is 23.6. The number of urea groups is 1. The van der Waals surface area contributed by atoms with Crippen LogP contribution in [0.5, 0.6) is 0 Å². The van der Waals surface area contributed by atoms with Gasteiger partial charge in [0.1, 0.15) is 0 Å². The summed E-state index contributed by atoms with van der Waals surface area (Å²) in [5.74, 6) is -0.361. The van der Waals surface area contributed by atoms with Gasteiger partial charge in [-0.25, -0.2) is 4.79 Å². The molecule has 0 aromatic carbocycles. The van der Waals surface area contributed by atoms with Gasteiger partial charge in [-0.15, -0.1) is 0 Å². The minimum absolute atomic E-state index is 0.361. The number of hydrogen-bond donors (Lipinski definition) is 1. The fourth-order valence-electron chi connectivity index (χ4n) is 1.19. The van der Waals surface area contributed by atoms with Crippen molar-refractivity contribution in [3.8, 4) is 0 Å². The second-order valence-electron chi connectivity index (χ2n) is 2.80. The Kier molecular flexibility index (Phi) is 3.25. The van der Waals surface area contributed by atoms with Crippen LogP contribution >= 0.6 is 0 Å². The van der Waals surface area contributed by atoms with E-state index in [0.29, 0.717) is 13.2 Å². The molecule has 5 heteroatoms. The maximum absolute atomic E-state index is 11.2. The zero-order valence-corrected chi connectivity index (χ0v) is 7.87. The highest BCUT2D eigenvalue weighted by molar-refractivity contribution is 6.03. The molecule has 1 N–H and O–H groups in total. The lowest BCUT2D eigenvalue weighted by Crippen LogP contribution is -2.37. The van der Waals surface area contributed by atoms with Gasteiger partial charge in [0, 0.05) is 13.2 Å². The summed E-state index contributed by atoms with van der Waals surface area (Å²) in [6, 6.07) is -0.367. The molecule has 1 heterocycles. The monoisotopic (exact) mass is 186 g/mol. The second-order valence-corrected chi connectivity index (χ2v) is 2.80. The van der Waals surface area contributed by atoms with Gasteiger partial charge >= 0.3 is 6.03 Å². The average molecular weight is 186 g/mol. The first-order chi connectivity index (χ1) is 6.20. The first-order valence-corrected chi connectivity index (χ1v) is 4.43. The SMILES string of the molecule is CCCOC1C(=O)NC(=O)N1CC. The number of ether oxygens (including phenoxy) is 1. The molecule has 1 aliphatic rings. The van der Waals surface area contributed by atoms with Crippen LogP contribution in [0.2, 0.25) is 0 Å². The first kappa shape index (κ1) is 9.98. The highest BCUT2D eigenvalue weighted by Gasteiger charge is 2.37. The van der Waals surface area contributed by atoms with Crippen molar-refractivity contribution in [3.05, 3.63) is 0 Å². The zero-order valence-electron chi connectivity index (χ0n) is 7.87. The molecule has 3 amide bonds. The summed E-state index contributed by atoms with van der Waals surface area (Å²) in [7, 11) is 0. The standard InChI is InChI=1S/C8H14N2O3/c1-3-5-13-7-6(11)9-8(12)10(7)4-2/h7H,3-5H2,1-2H3,(H,9,11,12). The molecule has 0 bridgehead atoms. The molecule has 1 saturated heterocycles. The number of amides is 3. The largest absolute Gasteiger partial charge is 0.349 e.